The number of rotatable bonds is 3. The molecule has 0 aliphatic heterocycles. The van der Waals surface area contributed by atoms with Gasteiger partial charge in [0.05, 0.1) is 13.7 Å². The van der Waals surface area contributed by atoms with Crippen molar-refractivity contribution in [1.29, 1.82) is 0 Å². The predicted molar refractivity (Wildman–Crippen MR) is 49.2 cm³/mol. The first-order valence-electron chi connectivity index (χ1n) is 3.90. The molecule has 0 atom stereocenters. The summed E-state index contributed by atoms with van der Waals surface area (Å²) in [5.74, 6) is 0.184. The topological polar surface area (TPSA) is 49.4 Å². The fourth-order valence-electron chi connectivity index (χ4n) is 0.977. The van der Waals surface area contributed by atoms with E-state index in [2.05, 4.69) is 0 Å². The van der Waals surface area contributed by atoms with Crippen molar-refractivity contribution in [3.63, 3.8) is 0 Å². The Labute approximate surface area is 76.9 Å². The Morgan fingerprint density at radius 2 is 2.31 bits per heavy atom. The summed E-state index contributed by atoms with van der Waals surface area (Å²) >= 11 is 0. The molecule has 0 saturated heterocycles. The first-order chi connectivity index (χ1) is 6.27. The van der Waals surface area contributed by atoms with E-state index in [-0.39, 0.29) is 12.4 Å². The predicted octanol–water partition coefficient (Wildman–Crippen LogP) is 1.84. The summed E-state index contributed by atoms with van der Waals surface area (Å²) in [6, 6.07) is 4.75. The van der Waals surface area contributed by atoms with Gasteiger partial charge in [-0.1, -0.05) is 18.2 Å². The molecule has 0 bridgehead atoms. The van der Waals surface area contributed by atoms with E-state index in [1.165, 1.54) is 13.2 Å². The van der Waals surface area contributed by atoms with Crippen LogP contribution in [0.2, 0.25) is 0 Å². The van der Waals surface area contributed by atoms with Crippen molar-refractivity contribution in [3.05, 3.63) is 29.8 Å². The Bertz CT molecular complexity index is 305. The highest BCUT2D eigenvalue weighted by Gasteiger charge is 2.01. The van der Waals surface area contributed by atoms with Gasteiger partial charge in [0.15, 0.2) is 5.75 Å². The molecule has 0 aliphatic carbocycles. The van der Waals surface area contributed by atoms with Crippen LogP contribution in [-0.4, -0.2) is 18.8 Å². The molecular formula is C10H11O3. The standard InChI is InChI=1S/C10H11O3/c1-13-10-7-8(3-2-6-11)4-5-9(10)12/h2-5,7,11H,6H2,1H3/b3-2+. The van der Waals surface area contributed by atoms with Crippen molar-refractivity contribution in [2.24, 2.45) is 0 Å². The second kappa shape index (κ2) is 4.52. The summed E-state index contributed by atoms with van der Waals surface area (Å²) in [5, 5.41) is 19.6. The minimum atomic E-state index is -0.136. The maximum Gasteiger partial charge on any atom is 0.220 e. The Hall–Kier alpha value is -1.48. The average molecular weight is 179 g/mol. The number of hydrogen-bond donors (Lipinski definition) is 1. The van der Waals surface area contributed by atoms with Crippen LogP contribution in [0.25, 0.3) is 6.08 Å². The molecule has 0 amide bonds. The molecule has 0 aliphatic rings. The zero-order valence-electron chi connectivity index (χ0n) is 7.36. The van der Waals surface area contributed by atoms with Crippen molar-refractivity contribution in [1.82, 2.24) is 0 Å². The molecule has 0 fully saturated rings. The summed E-state index contributed by atoms with van der Waals surface area (Å²) in [6.45, 7) is -0.0125. The van der Waals surface area contributed by atoms with E-state index in [4.69, 9.17) is 9.84 Å². The highest BCUT2D eigenvalue weighted by atomic mass is 16.5. The number of aliphatic hydroxyl groups excluding tert-OH is 1. The highest BCUT2D eigenvalue weighted by Crippen LogP contribution is 2.27. The normalized spacial score (nSPS) is 10.6. The molecular weight excluding hydrogens is 168 g/mol. The van der Waals surface area contributed by atoms with Gasteiger partial charge in [0.1, 0.15) is 0 Å². The molecule has 0 heterocycles. The van der Waals surface area contributed by atoms with E-state index in [0.29, 0.717) is 5.75 Å². The molecule has 1 radical (unpaired) electrons. The first-order valence-corrected chi connectivity index (χ1v) is 3.90. The number of aliphatic hydroxyl groups is 1. The lowest BCUT2D eigenvalue weighted by Crippen LogP contribution is -1.83. The lowest BCUT2D eigenvalue weighted by atomic mass is 10.2. The largest absolute Gasteiger partial charge is 0.493 e. The van der Waals surface area contributed by atoms with E-state index >= 15 is 0 Å². The minimum absolute atomic E-state index is 0.0125. The van der Waals surface area contributed by atoms with Gasteiger partial charge in [0.2, 0.25) is 5.75 Å². The molecule has 0 spiro atoms. The van der Waals surface area contributed by atoms with E-state index in [9.17, 15) is 5.11 Å². The van der Waals surface area contributed by atoms with Gasteiger partial charge < -0.3 is 9.84 Å². The SMILES string of the molecule is COc1cc(/C=C/CO)ccc1[O]. The van der Waals surface area contributed by atoms with Crippen molar-refractivity contribution in [3.8, 4) is 11.5 Å². The van der Waals surface area contributed by atoms with Crippen LogP contribution in [0.3, 0.4) is 0 Å². The van der Waals surface area contributed by atoms with E-state index in [1.807, 2.05) is 0 Å². The molecule has 0 unspecified atom stereocenters. The van der Waals surface area contributed by atoms with Gasteiger partial charge in [-0.3, -0.25) is 5.11 Å². The molecule has 1 N–H and O–H groups in total. The number of methoxy groups -OCH3 is 1. The van der Waals surface area contributed by atoms with Crippen LogP contribution >= 0.6 is 0 Å². The third-order valence-electron chi connectivity index (χ3n) is 1.60. The minimum Gasteiger partial charge on any atom is -0.493 e. The monoisotopic (exact) mass is 179 g/mol. The second-order valence-electron chi connectivity index (χ2n) is 2.50. The van der Waals surface area contributed by atoms with Crippen LogP contribution in [0.1, 0.15) is 5.56 Å². The summed E-state index contributed by atoms with van der Waals surface area (Å²) in [5.41, 5.74) is 0.838. The number of hydrogen-bond acceptors (Lipinski definition) is 2. The van der Waals surface area contributed by atoms with Crippen LogP contribution in [-0.2, 0) is 5.11 Å². The van der Waals surface area contributed by atoms with Gasteiger partial charge in [-0.25, -0.2) is 0 Å². The summed E-state index contributed by atoms with van der Waals surface area (Å²) < 4.78 is 4.86. The maximum atomic E-state index is 11.1. The Morgan fingerprint density at radius 1 is 1.54 bits per heavy atom. The molecule has 3 nitrogen and oxygen atoms in total. The van der Waals surface area contributed by atoms with E-state index in [0.717, 1.165) is 5.56 Å². The van der Waals surface area contributed by atoms with Gasteiger partial charge in [-0.2, -0.15) is 0 Å². The zero-order chi connectivity index (χ0) is 9.68. The van der Waals surface area contributed by atoms with Gasteiger partial charge >= 0.3 is 0 Å². The first kappa shape index (κ1) is 9.61. The summed E-state index contributed by atoms with van der Waals surface area (Å²) in [6.07, 6.45) is 3.32. The quantitative estimate of drug-likeness (QED) is 0.769. The Morgan fingerprint density at radius 3 is 2.92 bits per heavy atom. The third kappa shape index (κ3) is 2.49. The summed E-state index contributed by atoms with van der Waals surface area (Å²) in [4.78, 5) is 0. The van der Waals surface area contributed by atoms with Gasteiger partial charge in [-0.15, -0.1) is 0 Å². The fraction of sp³-hybridized carbons (Fsp3) is 0.200. The molecule has 69 valence electrons. The smallest absolute Gasteiger partial charge is 0.220 e. The lowest BCUT2D eigenvalue weighted by Gasteiger charge is -2.01. The van der Waals surface area contributed by atoms with Crippen LogP contribution in [0.4, 0.5) is 0 Å². The molecule has 3 heteroatoms. The third-order valence-corrected chi connectivity index (χ3v) is 1.60. The Kier molecular flexibility index (Phi) is 3.34. The van der Waals surface area contributed by atoms with Crippen LogP contribution in [0.15, 0.2) is 24.3 Å². The fourth-order valence-corrected chi connectivity index (χ4v) is 0.977. The van der Waals surface area contributed by atoms with Crippen molar-refractivity contribution < 1.29 is 14.9 Å². The van der Waals surface area contributed by atoms with Crippen molar-refractivity contribution in [2.45, 2.75) is 0 Å². The maximum absolute atomic E-state index is 11.1. The molecule has 1 aromatic rings. The van der Waals surface area contributed by atoms with Gasteiger partial charge in [0, 0.05) is 0 Å². The van der Waals surface area contributed by atoms with Crippen molar-refractivity contribution in [2.75, 3.05) is 13.7 Å². The van der Waals surface area contributed by atoms with Crippen LogP contribution in [0, 0.1) is 0 Å². The molecule has 13 heavy (non-hydrogen) atoms. The van der Waals surface area contributed by atoms with Crippen LogP contribution in [0.5, 0.6) is 11.5 Å². The molecule has 0 saturated carbocycles. The lowest BCUT2D eigenvalue weighted by molar-refractivity contribution is 0.315. The molecule has 1 aromatic carbocycles. The average Bonchev–Trinajstić information content (AvgIpc) is 2.16. The van der Waals surface area contributed by atoms with Crippen LogP contribution < -0.4 is 4.74 Å². The number of benzene rings is 1. The van der Waals surface area contributed by atoms with Gasteiger partial charge in [-0.05, 0) is 17.7 Å². The zero-order valence-corrected chi connectivity index (χ0v) is 7.36. The number of ether oxygens (including phenoxy) is 1. The molecule has 1 rings (SSSR count). The van der Waals surface area contributed by atoms with Gasteiger partial charge in [0.25, 0.3) is 0 Å². The molecule has 0 aromatic heterocycles. The highest BCUT2D eigenvalue weighted by molar-refractivity contribution is 5.55. The summed E-state index contributed by atoms with van der Waals surface area (Å²) in [7, 11) is 1.45. The van der Waals surface area contributed by atoms with Crippen molar-refractivity contribution >= 4 is 6.08 Å². The van der Waals surface area contributed by atoms with E-state index < -0.39 is 0 Å². The second-order valence-corrected chi connectivity index (χ2v) is 2.50. The van der Waals surface area contributed by atoms with E-state index in [1.54, 1.807) is 24.3 Å². The Balaban J connectivity index is 2.92.